The summed E-state index contributed by atoms with van der Waals surface area (Å²) in [7, 11) is 0. The van der Waals surface area contributed by atoms with Crippen molar-refractivity contribution < 1.29 is 9.90 Å². The normalized spacial score (nSPS) is 15.8. The summed E-state index contributed by atoms with van der Waals surface area (Å²) in [5.74, 6) is 0.234. The first-order chi connectivity index (χ1) is 9.15. The fourth-order valence-electron chi connectivity index (χ4n) is 2.05. The van der Waals surface area contributed by atoms with Crippen molar-refractivity contribution in [1.29, 1.82) is 0 Å². The lowest BCUT2D eigenvalue weighted by atomic mass is 10.1. The molecule has 0 atom stereocenters. The molecule has 1 heterocycles. The second-order valence-electron chi connectivity index (χ2n) is 4.50. The molecule has 0 radical (unpaired) electrons. The summed E-state index contributed by atoms with van der Waals surface area (Å²) in [6.45, 7) is 1.92. The number of aryl methyl sites for hydroxylation is 1. The predicted octanol–water partition coefficient (Wildman–Crippen LogP) is 4.03. The highest BCUT2D eigenvalue weighted by Crippen LogP contribution is 2.41. The Labute approximate surface area is 115 Å². The molecular formula is C16H12O2S. The molecule has 19 heavy (non-hydrogen) atoms. The van der Waals surface area contributed by atoms with Gasteiger partial charge in [0.05, 0.1) is 4.91 Å². The lowest BCUT2D eigenvalue weighted by molar-refractivity contribution is 0.104. The largest absolute Gasteiger partial charge is 0.507 e. The number of benzene rings is 2. The number of ketones is 1. The maximum atomic E-state index is 12.2. The Morgan fingerprint density at radius 1 is 1.16 bits per heavy atom. The fourth-order valence-corrected chi connectivity index (χ4v) is 3.10. The van der Waals surface area contributed by atoms with Crippen LogP contribution in [-0.2, 0) is 0 Å². The quantitative estimate of drug-likeness (QED) is 0.793. The molecule has 1 aliphatic heterocycles. The molecule has 0 saturated heterocycles. The van der Waals surface area contributed by atoms with Gasteiger partial charge in [-0.3, -0.25) is 4.79 Å². The monoisotopic (exact) mass is 268 g/mol. The molecule has 0 spiro atoms. The van der Waals surface area contributed by atoms with Gasteiger partial charge >= 0.3 is 0 Å². The van der Waals surface area contributed by atoms with Gasteiger partial charge in [0.15, 0.2) is 0 Å². The smallest absolute Gasteiger partial charge is 0.200 e. The van der Waals surface area contributed by atoms with Crippen LogP contribution in [0.2, 0.25) is 0 Å². The Bertz CT molecular complexity index is 702. The minimum Gasteiger partial charge on any atom is -0.507 e. The number of phenols is 1. The third kappa shape index (κ3) is 2.17. The first-order valence-corrected chi connectivity index (χ1v) is 6.80. The van der Waals surface area contributed by atoms with Gasteiger partial charge in [-0.25, -0.2) is 0 Å². The summed E-state index contributed by atoms with van der Waals surface area (Å²) in [5, 5.41) is 9.89. The molecule has 1 aliphatic rings. The Morgan fingerprint density at radius 2 is 1.95 bits per heavy atom. The van der Waals surface area contributed by atoms with Crippen LogP contribution in [0.5, 0.6) is 5.75 Å². The van der Waals surface area contributed by atoms with E-state index in [2.05, 4.69) is 0 Å². The van der Waals surface area contributed by atoms with Crippen molar-refractivity contribution in [2.75, 3.05) is 0 Å². The molecule has 0 amide bonds. The van der Waals surface area contributed by atoms with Gasteiger partial charge in [0.1, 0.15) is 5.75 Å². The lowest BCUT2D eigenvalue weighted by Gasteiger charge is -2.01. The minimum atomic E-state index is 0.0283. The SMILES string of the molecule is Cc1ccc(C=C2Sc3ccccc3C2=O)c(O)c1. The highest BCUT2D eigenvalue weighted by atomic mass is 32.2. The van der Waals surface area contributed by atoms with Crippen molar-refractivity contribution in [2.45, 2.75) is 11.8 Å². The lowest BCUT2D eigenvalue weighted by Crippen LogP contribution is -1.93. The summed E-state index contributed by atoms with van der Waals surface area (Å²) < 4.78 is 0. The Kier molecular flexibility index (Phi) is 2.91. The molecule has 2 aromatic carbocycles. The molecule has 1 N–H and O–H groups in total. The van der Waals surface area contributed by atoms with E-state index in [-0.39, 0.29) is 11.5 Å². The number of carbonyl (C=O) groups is 1. The first-order valence-electron chi connectivity index (χ1n) is 5.98. The number of phenolic OH excluding ortho intramolecular Hbond substituents is 1. The van der Waals surface area contributed by atoms with Gasteiger partial charge in [-0.05, 0) is 36.8 Å². The Balaban J connectivity index is 2.01. The number of aromatic hydroxyl groups is 1. The molecule has 2 nitrogen and oxygen atoms in total. The van der Waals surface area contributed by atoms with Gasteiger partial charge in [-0.1, -0.05) is 36.0 Å². The van der Waals surface area contributed by atoms with E-state index < -0.39 is 0 Å². The maximum absolute atomic E-state index is 12.2. The van der Waals surface area contributed by atoms with Crippen LogP contribution < -0.4 is 0 Å². The van der Waals surface area contributed by atoms with Crippen LogP contribution in [0.3, 0.4) is 0 Å². The van der Waals surface area contributed by atoms with Crippen molar-refractivity contribution in [3.63, 3.8) is 0 Å². The number of hydrogen-bond acceptors (Lipinski definition) is 3. The Morgan fingerprint density at radius 3 is 2.68 bits per heavy atom. The number of carbonyl (C=O) groups excluding carboxylic acids is 1. The zero-order valence-electron chi connectivity index (χ0n) is 10.4. The van der Waals surface area contributed by atoms with E-state index >= 15 is 0 Å². The van der Waals surface area contributed by atoms with Gasteiger partial charge in [0.25, 0.3) is 0 Å². The summed E-state index contributed by atoms with van der Waals surface area (Å²) in [4.78, 5) is 13.8. The van der Waals surface area contributed by atoms with Crippen molar-refractivity contribution in [3.8, 4) is 5.75 Å². The molecular weight excluding hydrogens is 256 g/mol. The zero-order chi connectivity index (χ0) is 13.4. The number of rotatable bonds is 1. The molecule has 0 aliphatic carbocycles. The van der Waals surface area contributed by atoms with Crippen LogP contribution in [0, 0.1) is 6.92 Å². The molecule has 0 aromatic heterocycles. The van der Waals surface area contributed by atoms with Gasteiger partial charge < -0.3 is 5.11 Å². The average Bonchev–Trinajstić information content (AvgIpc) is 2.70. The van der Waals surface area contributed by atoms with Crippen LogP contribution in [0.25, 0.3) is 6.08 Å². The molecule has 0 bridgehead atoms. The van der Waals surface area contributed by atoms with Crippen molar-refractivity contribution >= 4 is 23.6 Å². The third-order valence-corrected chi connectivity index (χ3v) is 4.15. The standard InChI is InChI=1S/C16H12O2S/c1-10-6-7-11(13(17)8-10)9-15-16(18)12-4-2-3-5-14(12)19-15/h2-9,17H,1H3. The molecule has 94 valence electrons. The van der Waals surface area contributed by atoms with E-state index in [1.165, 1.54) is 11.8 Å². The summed E-state index contributed by atoms with van der Waals surface area (Å²) in [6.07, 6.45) is 1.75. The topological polar surface area (TPSA) is 37.3 Å². The van der Waals surface area contributed by atoms with Crippen LogP contribution >= 0.6 is 11.8 Å². The highest BCUT2D eigenvalue weighted by Gasteiger charge is 2.25. The predicted molar refractivity (Wildman–Crippen MR) is 77.5 cm³/mol. The van der Waals surface area contributed by atoms with Gasteiger partial charge in [0, 0.05) is 16.0 Å². The van der Waals surface area contributed by atoms with Crippen LogP contribution in [0.1, 0.15) is 21.5 Å². The van der Waals surface area contributed by atoms with E-state index in [0.717, 1.165) is 16.0 Å². The van der Waals surface area contributed by atoms with Gasteiger partial charge in [-0.15, -0.1) is 0 Å². The van der Waals surface area contributed by atoms with Gasteiger partial charge in [0.2, 0.25) is 5.78 Å². The average molecular weight is 268 g/mol. The summed E-state index contributed by atoms with van der Waals surface area (Å²) >= 11 is 1.45. The Hall–Kier alpha value is -2.00. The number of allylic oxidation sites excluding steroid dienone is 1. The minimum absolute atomic E-state index is 0.0283. The zero-order valence-corrected chi connectivity index (χ0v) is 11.2. The van der Waals surface area contributed by atoms with Gasteiger partial charge in [-0.2, -0.15) is 0 Å². The van der Waals surface area contributed by atoms with Crippen molar-refractivity contribution in [3.05, 3.63) is 64.1 Å². The number of hydrogen-bond donors (Lipinski definition) is 1. The van der Waals surface area contributed by atoms with Crippen LogP contribution in [0.15, 0.2) is 52.3 Å². The third-order valence-electron chi connectivity index (χ3n) is 3.05. The number of thioether (sulfide) groups is 1. The summed E-state index contributed by atoms with van der Waals surface area (Å²) in [6, 6.07) is 13.0. The second-order valence-corrected chi connectivity index (χ2v) is 5.58. The molecule has 3 heteroatoms. The molecule has 0 unspecified atom stereocenters. The number of Topliss-reactive ketones (excluding diaryl/α,β-unsaturated/α-hetero) is 1. The van der Waals surface area contributed by atoms with Crippen molar-refractivity contribution in [1.82, 2.24) is 0 Å². The molecule has 0 saturated carbocycles. The van der Waals surface area contributed by atoms with E-state index in [1.807, 2.05) is 43.3 Å². The molecule has 2 aromatic rings. The van der Waals surface area contributed by atoms with Crippen molar-refractivity contribution in [2.24, 2.45) is 0 Å². The first kappa shape index (κ1) is 12.1. The molecule has 0 fully saturated rings. The van der Waals surface area contributed by atoms with E-state index in [0.29, 0.717) is 10.5 Å². The second kappa shape index (κ2) is 4.59. The van der Waals surface area contributed by atoms with E-state index in [4.69, 9.17) is 0 Å². The van der Waals surface area contributed by atoms with Crippen LogP contribution in [-0.4, -0.2) is 10.9 Å². The highest BCUT2D eigenvalue weighted by molar-refractivity contribution is 8.04. The van der Waals surface area contributed by atoms with E-state index in [1.54, 1.807) is 12.1 Å². The van der Waals surface area contributed by atoms with E-state index in [9.17, 15) is 9.90 Å². The maximum Gasteiger partial charge on any atom is 0.200 e. The number of fused-ring (bicyclic) bond motifs is 1. The molecule has 3 rings (SSSR count). The summed E-state index contributed by atoms with van der Waals surface area (Å²) in [5.41, 5.74) is 2.41. The fraction of sp³-hybridized carbons (Fsp3) is 0.0625. The van der Waals surface area contributed by atoms with Crippen LogP contribution in [0.4, 0.5) is 0 Å².